The van der Waals surface area contributed by atoms with Crippen LogP contribution < -0.4 is 4.90 Å². The maximum absolute atomic E-state index is 14.6. The van der Waals surface area contributed by atoms with E-state index < -0.39 is 11.6 Å². The van der Waals surface area contributed by atoms with Gasteiger partial charge in [0, 0.05) is 35.6 Å². The molecule has 0 radical (unpaired) electrons. The molecular formula is C28H24F2N4O. The van der Waals surface area contributed by atoms with Crippen molar-refractivity contribution in [1.29, 1.82) is 0 Å². The largest absolute Gasteiger partial charge is 0.371 e. The van der Waals surface area contributed by atoms with E-state index in [2.05, 4.69) is 44.5 Å². The Balaban J connectivity index is 1.16. The molecule has 1 spiro atoms. The lowest BCUT2D eigenvalue weighted by Crippen LogP contribution is -2.42. The van der Waals surface area contributed by atoms with E-state index in [-0.39, 0.29) is 11.0 Å². The first-order valence-electron chi connectivity index (χ1n) is 12.2. The molecule has 176 valence electrons. The molecule has 3 aliphatic rings. The van der Waals surface area contributed by atoms with Crippen LogP contribution in [-0.4, -0.2) is 28.4 Å². The highest BCUT2D eigenvalue weighted by molar-refractivity contribution is 5.85. The van der Waals surface area contributed by atoms with Gasteiger partial charge in [-0.25, -0.2) is 8.78 Å². The minimum Gasteiger partial charge on any atom is -0.371 e. The van der Waals surface area contributed by atoms with Crippen LogP contribution in [0.5, 0.6) is 0 Å². The molecule has 0 bridgehead atoms. The van der Waals surface area contributed by atoms with Gasteiger partial charge in [-0.3, -0.25) is 0 Å². The molecule has 1 saturated heterocycles. The van der Waals surface area contributed by atoms with Gasteiger partial charge >= 0.3 is 0 Å². The van der Waals surface area contributed by atoms with Crippen molar-refractivity contribution in [3.05, 3.63) is 77.7 Å². The fourth-order valence-corrected chi connectivity index (χ4v) is 5.71. The second-order valence-corrected chi connectivity index (χ2v) is 10.1. The van der Waals surface area contributed by atoms with Crippen LogP contribution in [0.3, 0.4) is 0 Å². The molecule has 2 fully saturated rings. The van der Waals surface area contributed by atoms with Gasteiger partial charge in [0.25, 0.3) is 0 Å². The Morgan fingerprint density at radius 3 is 2.49 bits per heavy atom. The molecule has 35 heavy (non-hydrogen) atoms. The van der Waals surface area contributed by atoms with Gasteiger partial charge in [0.05, 0.1) is 17.3 Å². The predicted octanol–water partition coefficient (Wildman–Crippen LogP) is 6.51. The number of halogens is 2. The van der Waals surface area contributed by atoms with Crippen LogP contribution in [0.15, 0.2) is 59.3 Å². The highest BCUT2D eigenvalue weighted by atomic mass is 19.1. The van der Waals surface area contributed by atoms with Crippen LogP contribution in [0.4, 0.5) is 14.5 Å². The highest BCUT2D eigenvalue weighted by Gasteiger charge is 2.44. The van der Waals surface area contributed by atoms with E-state index in [1.54, 1.807) is 6.20 Å². The molecule has 1 aliphatic heterocycles. The first-order valence-corrected chi connectivity index (χ1v) is 12.2. The van der Waals surface area contributed by atoms with Crippen molar-refractivity contribution >= 4 is 22.2 Å². The smallest absolute Gasteiger partial charge is 0.147 e. The lowest BCUT2D eigenvalue weighted by Gasteiger charge is -2.47. The van der Waals surface area contributed by atoms with Gasteiger partial charge in [-0.1, -0.05) is 23.4 Å². The monoisotopic (exact) mass is 470 g/mol. The van der Waals surface area contributed by atoms with Gasteiger partial charge < -0.3 is 9.42 Å². The van der Waals surface area contributed by atoms with Crippen LogP contribution >= 0.6 is 0 Å². The number of nitrogens with zero attached hydrogens (tertiary/aromatic N) is 4. The molecule has 0 unspecified atom stereocenters. The number of benzene rings is 2. The van der Waals surface area contributed by atoms with E-state index in [1.165, 1.54) is 23.9 Å². The Hall–Kier alpha value is -3.61. The molecule has 7 heteroatoms. The van der Waals surface area contributed by atoms with Crippen molar-refractivity contribution in [2.24, 2.45) is 5.41 Å². The fraction of sp³-hybridized carbons (Fsp3) is 0.321. The number of fused-ring (bicyclic) bond motifs is 1. The molecule has 0 N–H and O–H groups in total. The highest BCUT2D eigenvalue weighted by Crippen LogP contribution is 2.56. The summed E-state index contributed by atoms with van der Waals surface area (Å²) in [4.78, 5) is 2.40. The topological polar surface area (TPSA) is 55.1 Å². The summed E-state index contributed by atoms with van der Waals surface area (Å²) in [6, 6.07) is 12.3. The summed E-state index contributed by atoms with van der Waals surface area (Å²) < 4.78 is 34.9. The fourth-order valence-electron chi connectivity index (χ4n) is 5.71. The predicted molar refractivity (Wildman–Crippen MR) is 130 cm³/mol. The summed E-state index contributed by atoms with van der Waals surface area (Å²) in [6.07, 6.45) is 9.04. The normalized spacial score (nSPS) is 19.1. The Morgan fingerprint density at radius 1 is 0.971 bits per heavy atom. The van der Waals surface area contributed by atoms with Crippen LogP contribution in [0.1, 0.15) is 49.3 Å². The number of allylic oxidation sites excluding steroid dienone is 2. The quantitative estimate of drug-likeness (QED) is 0.340. The van der Waals surface area contributed by atoms with Crippen LogP contribution in [-0.2, 0) is 0 Å². The third-order valence-corrected chi connectivity index (χ3v) is 7.83. The molecule has 0 amide bonds. The maximum Gasteiger partial charge on any atom is 0.147 e. The summed E-state index contributed by atoms with van der Waals surface area (Å²) >= 11 is 0. The zero-order valence-corrected chi connectivity index (χ0v) is 19.2. The van der Waals surface area contributed by atoms with E-state index in [0.29, 0.717) is 11.6 Å². The standard InChI is InChI=1S/C28H24F2N4O/c29-21-2-1-3-22(30)25(21)26-24(27(35-33-26)18-4-5-18)19-15-28(16-19)9-12-34(13-10-28)20-7-6-17-8-11-31-32-23(17)14-20/h1-3,6-8,11,14-15,18H,4-5,9-10,12-13,16H2. The summed E-state index contributed by atoms with van der Waals surface area (Å²) in [6.45, 7) is 1.90. The molecule has 4 aromatic rings. The molecule has 2 aliphatic carbocycles. The molecule has 2 aromatic carbocycles. The zero-order valence-electron chi connectivity index (χ0n) is 19.2. The van der Waals surface area contributed by atoms with E-state index in [9.17, 15) is 8.78 Å². The Bertz CT molecular complexity index is 1460. The number of aromatic nitrogens is 3. The summed E-state index contributed by atoms with van der Waals surface area (Å²) in [5.41, 5.74) is 4.34. The van der Waals surface area contributed by atoms with Gasteiger partial charge in [-0.05, 0) is 73.4 Å². The van der Waals surface area contributed by atoms with Crippen LogP contribution in [0.25, 0.3) is 27.7 Å². The van der Waals surface area contributed by atoms with Crippen molar-refractivity contribution in [2.45, 2.75) is 38.0 Å². The summed E-state index contributed by atoms with van der Waals surface area (Å²) in [5, 5.41) is 13.5. The van der Waals surface area contributed by atoms with E-state index in [0.717, 1.165) is 73.0 Å². The summed E-state index contributed by atoms with van der Waals surface area (Å²) in [5.74, 6) is -0.121. The molecule has 2 aromatic heterocycles. The Kier molecular flexibility index (Phi) is 4.56. The SMILES string of the molecule is Fc1cccc(F)c1-c1noc(C2CC2)c1C1=CC2(CCN(c3ccc4ccnnc4c3)CC2)C1. The van der Waals surface area contributed by atoms with Crippen molar-refractivity contribution in [3.63, 3.8) is 0 Å². The third kappa shape index (κ3) is 3.44. The van der Waals surface area contributed by atoms with Crippen LogP contribution in [0.2, 0.25) is 0 Å². The number of rotatable bonds is 4. The molecule has 3 heterocycles. The van der Waals surface area contributed by atoms with Crippen molar-refractivity contribution in [2.75, 3.05) is 18.0 Å². The van der Waals surface area contributed by atoms with Gasteiger partial charge in [-0.15, -0.1) is 0 Å². The number of hydrogen-bond donors (Lipinski definition) is 0. The van der Waals surface area contributed by atoms with Crippen LogP contribution in [0, 0.1) is 17.0 Å². The van der Waals surface area contributed by atoms with Crippen molar-refractivity contribution in [3.8, 4) is 11.3 Å². The molecule has 5 nitrogen and oxygen atoms in total. The molecule has 0 atom stereocenters. The van der Waals surface area contributed by atoms with E-state index >= 15 is 0 Å². The average Bonchev–Trinajstić information content (AvgIpc) is 3.62. The minimum atomic E-state index is -0.607. The van der Waals surface area contributed by atoms with Gasteiger partial charge in [0.2, 0.25) is 0 Å². The zero-order chi connectivity index (χ0) is 23.6. The van der Waals surface area contributed by atoms with E-state index in [1.807, 2.05) is 6.07 Å². The molecular weight excluding hydrogens is 446 g/mol. The Labute approximate surface area is 201 Å². The lowest BCUT2D eigenvalue weighted by molar-refractivity contribution is 0.277. The van der Waals surface area contributed by atoms with Gasteiger partial charge in [0.1, 0.15) is 23.1 Å². The summed E-state index contributed by atoms with van der Waals surface area (Å²) in [7, 11) is 0. The molecule has 7 rings (SSSR count). The second kappa shape index (κ2) is 7.70. The number of hydrogen-bond acceptors (Lipinski definition) is 5. The van der Waals surface area contributed by atoms with Gasteiger partial charge in [0.15, 0.2) is 0 Å². The second-order valence-electron chi connectivity index (χ2n) is 10.1. The first-order chi connectivity index (χ1) is 17.1. The first kappa shape index (κ1) is 20.7. The lowest BCUT2D eigenvalue weighted by atomic mass is 9.63. The molecule has 1 saturated carbocycles. The van der Waals surface area contributed by atoms with Crippen molar-refractivity contribution < 1.29 is 13.3 Å². The average molecular weight is 471 g/mol. The minimum absolute atomic E-state index is 0.0887. The third-order valence-electron chi connectivity index (χ3n) is 7.83. The Morgan fingerprint density at radius 2 is 1.74 bits per heavy atom. The van der Waals surface area contributed by atoms with Gasteiger partial charge in [-0.2, -0.15) is 10.2 Å². The van der Waals surface area contributed by atoms with E-state index in [4.69, 9.17) is 4.52 Å². The number of anilines is 1. The maximum atomic E-state index is 14.6. The van der Waals surface area contributed by atoms with Crippen molar-refractivity contribution in [1.82, 2.24) is 15.4 Å². The number of piperidine rings is 1.